The zero-order valence-electron chi connectivity index (χ0n) is 13.5. The van der Waals surface area contributed by atoms with E-state index in [1.807, 2.05) is 24.3 Å². The Morgan fingerprint density at radius 3 is 2.30 bits per heavy atom. The van der Waals surface area contributed by atoms with Gasteiger partial charge in [0.25, 0.3) is 0 Å². The summed E-state index contributed by atoms with van der Waals surface area (Å²) in [6, 6.07) is 15.5. The normalized spacial score (nSPS) is 11.1. The summed E-state index contributed by atoms with van der Waals surface area (Å²) in [7, 11) is 0. The number of aryl methyl sites for hydroxylation is 1. The van der Waals surface area contributed by atoms with Crippen LogP contribution in [-0.2, 0) is 4.79 Å². The molecule has 4 heteroatoms. The lowest BCUT2D eigenvalue weighted by molar-refractivity contribution is -0.152. The molecule has 0 heterocycles. The van der Waals surface area contributed by atoms with Gasteiger partial charge < -0.3 is 9.84 Å². The maximum Gasteiger partial charge on any atom is 0.347 e. The molecule has 0 fully saturated rings. The molecule has 0 aliphatic carbocycles. The van der Waals surface area contributed by atoms with Crippen LogP contribution >= 0.6 is 11.8 Å². The van der Waals surface area contributed by atoms with Gasteiger partial charge in [0.05, 0.1) is 0 Å². The van der Waals surface area contributed by atoms with Gasteiger partial charge in [-0.25, -0.2) is 4.79 Å². The van der Waals surface area contributed by atoms with E-state index in [0.717, 1.165) is 10.5 Å². The first-order valence-electron chi connectivity index (χ1n) is 7.25. The summed E-state index contributed by atoms with van der Waals surface area (Å²) < 4.78 is 5.50. The summed E-state index contributed by atoms with van der Waals surface area (Å²) in [6.07, 6.45) is 0. The average molecular weight is 328 g/mol. The first-order valence-corrected chi connectivity index (χ1v) is 8.06. The van der Waals surface area contributed by atoms with Gasteiger partial charge >= 0.3 is 5.97 Å². The molecule has 0 aliphatic rings. The topological polar surface area (TPSA) is 46.5 Å². The van der Waals surface area contributed by atoms with Gasteiger partial charge in [-0.1, -0.05) is 48.7 Å². The fraction of sp³-hybridized carbons (Fsp3) is 0.211. The SMILES string of the molecule is C=C(Sc1ccccc1C)c1ccc(OC(C)(C)C(=O)O)cc1. The summed E-state index contributed by atoms with van der Waals surface area (Å²) in [5, 5.41) is 9.09. The van der Waals surface area contributed by atoms with Crippen molar-refractivity contribution in [3.63, 3.8) is 0 Å². The van der Waals surface area contributed by atoms with E-state index in [1.54, 1.807) is 23.9 Å². The second kappa shape index (κ2) is 6.92. The van der Waals surface area contributed by atoms with E-state index >= 15 is 0 Å². The summed E-state index contributed by atoms with van der Waals surface area (Å²) in [6.45, 7) is 9.24. The molecule has 0 saturated carbocycles. The lowest BCUT2D eigenvalue weighted by Gasteiger charge is -2.21. The number of benzene rings is 2. The highest BCUT2D eigenvalue weighted by molar-refractivity contribution is 8.08. The molecule has 0 bridgehead atoms. The molecule has 0 unspecified atom stereocenters. The third-order valence-electron chi connectivity index (χ3n) is 3.39. The van der Waals surface area contributed by atoms with Crippen molar-refractivity contribution in [2.24, 2.45) is 0 Å². The van der Waals surface area contributed by atoms with Crippen molar-refractivity contribution < 1.29 is 14.6 Å². The summed E-state index contributed by atoms with van der Waals surface area (Å²) in [5.41, 5.74) is 0.939. The van der Waals surface area contributed by atoms with E-state index in [9.17, 15) is 4.79 Å². The quantitative estimate of drug-likeness (QED) is 0.758. The molecule has 0 radical (unpaired) electrons. The second-order valence-corrected chi connectivity index (χ2v) is 6.87. The van der Waals surface area contributed by atoms with Crippen LogP contribution in [-0.4, -0.2) is 16.7 Å². The van der Waals surface area contributed by atoms with Crippen LogP contribution in [0.25, 0.3) is 4.91 Å². The first-order chi connectivity index (χ1) is 10.8. The number of ether oxygens (including phenoxy) is 1. The van der Waals surface area contributed by atoms with Crippen molar-refractivity contribution in [3.8, 4) is 5.75 Å². The molecule has 120 valence electrons. The number of aliphatic carboxylic acids is 1. The number of thioether (sulfide) groups is 1. The molecule has 2 rings (SSSR count). The molecule has 2 aromatic carbocycles. The molecule has 0 amide bonds. The molecule has 3 nitrogen and oxygen atoms in total. The molecule has 0 aromatic heterocycles. The van der Waals surface area contributed by atoms with Crippen molar-refractivity contribution in [3.05, 3.63) is 66.2 Å². The van der Waals surface area contributed by atoms with Gasteiger partial charge in [0.1, 0.15) is 5.75 Å². The lowest BCUT2D eigenvalue weighted by atomic mass is 10.1. The molecule has 1 N–H and O–H groups in total. The monoisotopic (exact) mass is 328 g/mol. The van der Waals surface area contributed by atoms with E-state index in [4.69, 9.17) is 9.84 Å². The highest BCUT2D eigenvalue weighted by atomic mass is 32.2. The maximum absolute atomic E-state index is 11.1. The molecular weight excluding hydrogens is 308 g/mol. The number of carbonyl (C=O) groups is 1. The Kier molecular flexibility index (Phi) is 5.16. The predicted octanol–water partition coefficient (Wildman–Crippen LogP) is 5.00. The van der Waals surface area contributed by atoms with Crippen LogP contribution in [0.4, 0.5) is 0 Å². The van der Waals surface area contributed by atoms with Crippen molar-refractivity contribution in [1.82, 2.24) is 0 Å². The lowest BCUT2D eigenvalue weighted by Crippen LogP contribution is -2.37. The van der Waals surface area contributed by atoms with Gasteiger partial charge in [-0.3, -0.25) is 0 Å². The van der Waals surface area contributed by atoms with Gasteiger partial charge in [0.15, 0.2) is 5.60 Å². The largest absolute Gasteiger partial charge is 0.478 e. The molecular formula is C19H20O3S. The van der Waals surface area contributed by atoms with E-state index < -0.39 is 11.6 Å². The Morgan fingerprint density at radius 1 is 1.13 bits per heavy atom. The molecule has 23 heavy (non-hydrogen) atoms. The minimum Gasteiger partial charge on any atom is -0.478 e. The highest BCUT2D eigenvalue weighted by Gasteiger charge is 2.29. The van der Waals surface area contributed by atoms with Gasteiger partial charge in [0.2, 0.25) is 0 Å². The predicted molar refractivity (Wildman–Crippen MR) is 94.9 cm³/mol. The minimum atomic E-state index is -1.26. The molecule has 0 spiro atoms. The Morgan fingerprint density at radius 2 is 1.74 bits per heavy atom. The van der Waals surface area contributed by atoms with Gasteiger partial charge in [0, 0.05) is 9.80 Å². The van der Waals surface area contributed by atoms with E-state index in [0.29, 0.717) is 5.75 Å². The average Bonchev–Trinajstić information content (AvgIpc) is 2.49. The van der Waals surface area contributed by atoms with Crippen LogP contribution in [0.15, 0.2) is 60.0 Å². The smallest absolute Gasteiger partial charge is 0.347 e. The van der Waals surface area contributed by atoms with Gasteiger partial charge in [-0.15, -0.1) is 0 Å². The molecule has 0 saturated heterocycles. The van der Waals surface area contributed by atoms with Gasteiger partial charge in [-0.05, 0) is 50.1 Å². The number of rotatable bonds is 6. The van der Waals surface area contributed by atoms with Crippen molar-refractivity contribution in [2.75, 3.05) is 0 Å². The Bertz CT molecular complexity index is 718. The Hall–Kier alpha value is -2.20. The third kappa shape index (κ3) is 4.39. The van der Waals surface area contributed by atoms with E-state index in [2.05, 4.69) is 25.6 Å². The highest BCUT2D eigenvalue weighted by Crippen LogP contribution is 2.35. The van der Waals surface area contributed by atoms with Crippen molar-refractivity contribution in [1.29, 1.82) is 0 Å². The summed E-state index contributed by atoms with van der Waals surface area (Å²) >= 11 is 1.62. The first kappa shape index (κ1) is 17.2. The fourth-order valence-electron chi connectivity index (χ4n) is 1.91. The van der Waals surface area contributed by atoms with Crippen molar-refractivity contribution in [2.45, 2.75) is 31.3 Å². The fourth-order valence-corrected chi connectivity index (χ4v) is 2.80. The van der Waals surface area contributed by atoms with E-state index in [1.165, 1.54) is 24.3 Å². The zero-order valence-corrected chi connectivity index (χ0v) is 14.3. The minimum absolute atomic E-state index is 0.523. The maximum atomic E-state index is 11.1. The van der Waals surface area contributed by atoms with Crippen LogP contribution in [0.2, 0.25) is 0 Å². The summed E-state index contributed by atoms with van der Waals surface area (Å²) in [5.74, 6) is -0.476. The van der Waals surface area contributed by atoms with Crippen LogP contribution < -0.4 is 4.74 Å². The number of hydrogen-bond acceptors (Lipinski definition) is 3. The number of carboxylic acid groups (broad SMARTS) is 1. The molecule has 0 aliphatic heterocycles. The van der Waals surface area contributed by atoms with Crippen molar-refractivity contribution >= 4 is 22.6 Å². The zero-order chi connectivity index (χ0) is 17.0. The van der Waals surface area contributed by atoms with Gasteiger partial charge in [-0.2, -0.15) is 0 Å². The van der Waals surface area contributed by atoms with Crippen LogP contribution in [0.1, 0.15) is 25.0 Å². The standard InChI is InChI=1S/C19H20O3S/c1-13-7-5-6-8-17(13)23-14(2)15-9-11-16(12-10-15)22-19(3,4)18(20)21/h5-12H,2H2,1,3-4H3,(H,20,21). The second-order valence-electron chi connectivity index (χ2n) is 5.73. The molecule has 0 atom stereocenters. The van der Waals surface area contributed by atoms with E-state index in [-0.39, 0.29) is 0 Å². The van der Waals surface area contributed by atoms with Crippen LogP contribution in [0.5, 0.6) is 5.75 Å². The van der Waals surface area contributed by atoms with Crippen LogP contribution in [0, 0.1) is 6.92 Å². The van der Waals surface area contributed by atoms with Crippen LogP contribution in [0.3, 0.4) is 0 Å². The number of carboxylic acids is 1. The Balaban J connectivity index is 2.09. The number of hydrogen-bond donors (Lipinski definition) is 1. The Labute approximate surface area is 141 Å². The third-order valence-corrected chi connectivity index (χ3v) is 4.55. The summed E-state index contributed by atoms with van der Waals surface area (Å²) in [4.78, 5) is 13.2. The molecule has 2 aromatic rings.